The molecule has 0 saturated heterocycles. The summed E-state index contributed by atoms with van der Waals surface area (Å²) >= 11 is 0. The molecule has 25 heavy (non-hydrogen) atoms. The molecule has 1 aromatic heterocycles. The molecule has 1 fully saturated rings. The highest BCUT2D eigenvalue weighted by Crippen LogP contribution is 2.20. The van der Waals surface area contributed by atoms with Crippen LogP contribution in [0.1, 0.15) is 34.6 Å². The van der Waals surface area contributed by atoms with Crippen molar-refractivity contribution in [2.75, 3.05) is 13.6 Å². The van der Waals surface area contributed by atoms with Crippen LogP contribution in [0.5, 0.6) is 0 Å². The lowest BCUT2D eigenvalue weighted by atomic mass is 10.1. The molecule has 1 aliphatic rings. The third-order valence-electron chi connectivity index (χ3n) is 4.25. The van der Waals surface area contributed by atoms with E-state index in [0.29, 0.717) is 22.6 Å². The number of aromatic nitrogens is 2. The highest BCUT2D eigenvalue weighted by Gasteiger charge is 2.26. The first-order chi connectivity index (χ1) is 11.9. The lowest BCUT2D eigenvalue weighted by molar-refractivity contribution is -0.121. The van der Waals surface area contributed by atoms with Gasteiger partial charge in [-0.1, -0.05) is 0 Å². The van der Waals surface area contributed by atoms with Gasteiger partial charge in [0.2, 0.25) is 5.91 Å². The van der Waals surface area contributed by atoms with Crippen LogP contribution in [0.15, 0.2) is 24.3 Å². The lowest BCUT2D eigenvalue weighted by Crippen LogP contribution is -2.39. The average Bonchev–Trinajstić information content (AvgIpc) is 3.31. The largest absolute Gasteiger partial charge is 0.352 e. The second-order valence-corrected chi connectivity index (χ2v) is 6.44. The number of carbonyl (C=O) groups is 2. The van der Waals surface area contributed by atoms with Crippen LogP contribution in [0, 0.1) is 19.7 Å². The molecule has 0 bridgehead atoms. The van der Waals surface area contributed by atoms with E-state index < -0.39 is 0 Å². The number of hydrogen-bond donors (Lipinski definition) is 1. The van der Waals surface area contributed by atoms with E-state index in [1.807, 2.05) is 0 Å². The van der Waals surface area contributed by atoms with Crippen LogP contribution in [0.2, 0.25) is 0 Å². The molecule has 1 N–H and O–H groups in total. The quantitative estimate of drug-likeness (QED) is 0.902. The summed E-state index contributed by atoms with van der Waals surface area (Å²) in [7, 11) is 1.60. The van der Waals surface area contributed by atoms with Crippen LogP contribution in [-0.4, -0.2) is 46.1 Å². The first kappa shape index (κ1) is 17.1. The van der Waals surface area contributed by atoms with Gasteiger partial charge in [-0.2, -0.15) is 5.10 Å². The maximum absolute atomic E-state index is 13.1. The van der Waals surface area contributed by atoms with Crippen LogP contribution in [-0.2, 0) is 4.79 Å². The maximum atomic E-state index is 13.1. The van der Waals surface area contributed by atoms with E-state index in [9.17, 15) is 14.0 Å². The van der Waals surface area contributed by atoms with Gasteiger partial charge in [-0.25, -0.2) is 9.07 Å². The van der Waals surface area contributed by atoms with Crippen LogP contribution >= 0.6 is 0 Å². The Kier molecular flexibility index (Phi) is 4.57. The number of halogens is 1. The Labute approximate surface area is 145 Å². The van der Waals surface area contributed by atoms with Crippen molar-refractivity contribution in [1.29, 1.82) is 0 Å². The van der Waals surface area contributed by atoms with Crippen molar-refractivity contribution in [3.8, 4) is 5.69 Å². The molecule has 2 aromatic rings. The van der Waals surface area contributed by atoms with Gasteiger partial charge in [-0.05, 0) is 51.0 Å². The van der Waals surface area contributed by atoms with E-state index in [1.54, 1.807) is 37.7 Å². The van der Waals surface area contributed by atoms with Gasteiger partial charge in [0.1, 0.15) is 5.82 Å². The van der Waals surface area contributed by atoms with E-state index in [0.717, 1.165) is 12.8 Å². The summed E-state index contributed by atoms with van der Waals surface area (Å²) in [4.78, 5) is 26.1. The molecular weight excluding hydrogens is 323 g/mol. The fourth-order valence-electron chi connectivity index (χ4n) is 2.76. The summed E-state index contributed by atoms with van der Waals surface area (Å²) in [5, 5.41) is 7.26. The minimum Gasteiger partial charge on any atom is -0.352 e. The Bertz CT molecular complexity index is 809. The molecule has 6 nitrogen and oxygen atoms in total. The first-order valence-electron chi connectivity index (χ1n) is 8.24. The highest BCUT2D eigenvalue weighted by atomic mass is 19.1. The molecule has 0 spiro atoms. The van der Waals surface area contributed by atoms with Crippen LogP contribution in [0.3, 0.4) is 0 Å². The molecule has 7 heteroatoms. The van der Waals surface area contributed by atoms with Gasteiger partial charge in [-0.3, -0.25) is 9.59 Å². The number of nitrogens with zero attached hydrogens (tertiary/aromatic N) is 3. The summed E-state index contributed by atoms with van der Waals surface area (Å²) < 4.78 is 14.7. The summed E-state index contributed by atoms with van der Waals surface area (Å²) in [6, 6.07) is 6.18. The Balaban J connectivity index is 1.80. The van der Waals surface area contributed by atoms with Crippen molar-refractivity contribution >= 4 is 11.8 Å². The SMILES string of the molecule is Cc1nn(-c2ccc(F)cc2)c(C)c1C(=O)N(C)CC(=O)NC1CC1. The molecule has 3 rings (SSSR count). The standard InChI is InChI=1S/C18H21FN4O2/c1-11-17(18(25)22(3)10-16(24)20-14-6-7-14)12(2)23(21-11)15-8-4-13(19)5-9-15/h4-5,8-9,14H,6-7,10H2,1-3H3,(H,20,24). The number of nitrogens with one attached hydrogen (secondary N) is 1. The molecule has 1 aromatic carbocycles. The molecule has 2 amide bonds. The number of benzene rings is 1. The lowest BCUT2D eigenvalue weighted by Gasteiger charge is -2.17. The topological polar surface area (TPSA) is 67.2 Å². The van der Waals surface area contributed by atoms with Crippen molar-refractivity contribution in [1.82, 2.24) is 20.0 Å². The molecule has 0 radical (unpaired) electrons. The monoisotopic (exact) mass is 344 g/mol. The van der Waals surface area contributed by atoms with Gasteiger partial charge in [0, 0.05) is 13.1 Å². The fourth-order valence-corrected chi connectivity index (χ4v) is 2.76. The smallest absolute Gasteiger partial charge is 0.257 e. The van der Waals surface area contributed by atoms with Crippen molar-refractivity contribution < 1.29 is 14.0 Å². The van der Waals surface area contributed by atoms with E-state index in [4.69, 9.17) is 0 Å². The van der Waals surface area contributed by atoms with Gasteiger partial charge in [0.05, 0.1) is 29.2 Å². The van der Waals surface area contributed by atoms with Gasteiger partial charge in [-0.15, -0.1) is 0 Å². The Hall–Kier alpha value is -2.70. The molecular formula is C18H21FN4O2. The fraction of sp³-hybridized carbons (Fsp3) is 0.389. The molecule has 132 valence electrons. The Morgan fingerprint density at radius 1 is 1.28 bits per heavy atom. The third-order valence-corrected chi connectivity index (χ3v) is 4.25. The Morgan fingerprint density at radius 2 is 1.92 bits per heavy atom. The minimum atomic E-state index is -0.331. The average molecular weight is 344 g/mol. The molecule has 0 unspecified atom stereocenters. The zero-order valence-electron chi connectivity index (χ0n) is 14.5. The zero-order valence-corrected chi connectivity index (χ0v) is 14.5. The second-order valence-electron chi connectivity index (χ2n) is 6.44. The van der Waals surface area contributed by atoms with Crippen LogP contribution in [0.4, 0.5) is 4.39 Å². The second kappa shape index (κ2) is 6.66. The predicted molar refractivity (Wildman–Crippen MR) is 91.1 cm³/mol. The van der Waals surface area contributed by atoms with E-state index in [2.05, 4.69) is 10.4 Å². The summed E-state index contributed by atoms with van der Waals surface area (Å²) in [5.74, 6) is -0.739. The van der Waals surface area contributed by atoms with E-state index in [1.165, 1.54) is 17.0 Å². The van der Waals surface area contributed by atoms with E-state index in [-0.39, 0.29) is 30.2 Å². The number of likely N-dealkylation sites (N-methyl/N-ethyl adjacent to an activating group) is 1. The van der Waals surface area contributed by atoms with E-state index >= 15 is 0 Å². The zero-order chi connectivity index (χ0) is 18.1. The molecule has 1 saturated carbocycles. The summed E-state index contributed by atoms with van der Waals surface area (Å²) in [6.45, 7) is 3.54. The van der Waals surface area contributed by atoms with Gasteiger partial charge in [0.25, 0.3) is 5.91 Å². The molecule has 0 aliphatic heterocycles. The number of carbonyl (C=O) groups excluding carboxylic acids is 2. The van der Waals surface area contributed by atoms with Gasteiger partial charge in [0.15, 0.2) is 0 Å². The van der Waals surface area contributed by atoms with Crippen molar-refractivity contribution in [2.24, 2.45) is 0 Å². The van der Waals surface area contributed by atoms with Crippen LogP contribution in [0.25, 0.3) is 5.69 Å². The molecule has 1 heterocycles. The first-order valence-corrected chi connectivity index (χ1v) is 8.24. The molecule has 1 aliphatic carbocycles. The Morgan fingerprint density at radius 3 is 2.52 bits per heavy atom. The van der Waals surface area contributed by atoms with Crippen molar-refractivity contribution in [3.05, 3.63) is 47.0 Å². The third kappa shape index (κ3) is 3.70. The number of amides is 2. The summed E-state index contributed by atoms with van der Waals surface area (Å²) in [6.07, 6.45) is 2.01. The van der Waals surface area contributed by atoms with Crippen molar-refractivity contribution in [2.45, 2.75) is 32.7 Å². The number of hydrogen-bond acceptors (Lipinski definition) is 3. The summed E-state index contributed by atoms with van der Waals surface area (Å²) in [5.41, 5.74) is 2.37. The van der Waals surface area contributed by atoms with Crippen LogP contribution < -0.4 is 5.32 Å². The normalized spacial score (nSPS) is 13.6. The predicted octanol–water partition coefficient (Wildman–Crippen LogP) is 1.98. The highest BCUT2D eigenvalue weighted by molar-refractivity contribution is 5.98. The van der Waals surface area contributed by atoms with Crippen molar-refractivity contribution in [3.63, 3.8) is 0 Å². The van der Waals surface area contributed by atoms with Gasteiger partial charge < -0.3 is 10.2 Å². The van der Waals surface area contributed by atoms with Gasteiger partial charge >= 0.3 is 0 Å². The molecule has 0 atom stereocenters. The maximum Gasteiger partial charge on any atom is 0.257 e. The number of aryl methyl sites for hydroxylation is 1. The minimum absolute atomic E-state index is 0.00986. The number of rotatable bonds is 5.